The van der Waals surface area contributed by atoms with E-state index in [2.05, 4.69) is 20.7 Å². The van der Waals surface area contributed by atoms with Gasteiger partial charge < -0.3 is 0 Å². The van der Waals surface area contributed by atoms with Gasteiger partial charge in [-0.3, -0.25) is 14.8 Å². The van der Waals surface area contributed by atoms with Crippen molar-refractivity contribution in [1.82, 2.24) is 0 Å². The normalized spacial score (nSPS) is 12.5. The summed E-state index contributed by atoms with van der Waals surface area (Å²) in [6, 6.07) is 5.24. The van der Waals surface area contributed by atoms with Crippen LogP contribution in [0, 0.1) is 21.4 Å². The molecule has 9 heteroatoms. The lowest BCUT2D eigenvalue weighted by Gasteiger charge is -2.10. The number of nitrogens with zero attached hydrogens (tertiary/aromatic N) is 2. The van der Waals surface area contributed by atoms with E-state index >= 15 is 0 Å². The summed E-state index contributed by atoms with van der Waals surface area (Å²) >= 11 is 3.07. The predicted octanol–water partition coefficient (Wildman–Crippen LogP) is 2.01. The van der Waals surface area contributed by atoms with Crippen molar-refractivity contribution in [1.29, 1.82) is 5.26 Å². The summed E-state index contributed by atoms with van der Waals surface area (Å²) in [5.41, 5.74) is -0.230. The Morgan fingerprint density at radius 2 is 2.17 bits per heavy atom. The Hall–Kier alpha value is -1.66. The Morgan fingerprint density at radius 1 is 1.56 bits per heavy atom. The summed E-state index contributed by atoms with van der Waals surface area (Å²) in [5.74, 6) is 0. The Balaban J connectivity index is 3.16. The van der Waals surface area contributed by atoms with Crippen molar-refractivity contribution in [3.63, 3.8) is 0 Å². The smallest absolute Gasteiger partial charge is 0.271 e. The van der Waals surface area contributed by atoms with Gasteiger partial charge in [0.05, 0.1) is 16.7 Å². The molecule has 0 heterocycles. The molecule has 96 valence electrons. The van der Waals surface area contributed by atoms with Crippen LogP contribution < -0.4 is 4.72 Å². The molecule has 0 radical (unpaired) electrons. The first kappa shape index (κ1) is 14.4. The third kappa shape index (κ3) is 3.18. The van der Waals surface area contributed by atoms with E-state index < -0.39 is 20.2 Å². The van der Waals surface area contributed by atoms with Crippen molar-refractivity contribution in [3.05, 3.63) is 32.8 Å². The van der Waals surface area contributed by atoms with Crippen LogP contribution in [0.15, 0.2) is 22.7 Å². The fraction of sp³-hybridized carbons (Fsp3) is 0.222. The van der Waals surface area contributed by atoms with Gasteiger partial charge in [-0.25, -0.2) is 8.42 Å². The molecule has 18 heavy (non-hydrogen) atoms. The van der Waals surface area contributed by atoms with Gasteiger partial charge in [0.25, 0.3) is 5.69 Å². The molecule has 0 saturated carbocycles. The third-order valence-electron chi connectivity index (χ3n) is 2.06. The van der Waals surface area contributed by atoms with Crippen LogP contribution in [-0.4, -0.2) is 18.6 Å². The van der Waals surface area contributed by atoms with Gasteiger partial charge in [-0.05, 0) is 28.9 Å². The second-order valence-electron chi connectivity index (χ2n) is 3.34. The van der Waals surface area contributed by atoms with Crippen molar-refractivity contribution < 1.29 is 13.3 Å². The molecule has 1 aromatic carbocycles. The van der Waals surface area contributed by atoms with Gasteiger partial charge in [0, 0.05) is 16.6 Å². The Bertz CT molecular complexity index is 623. The predicted molar refractivity (Wildman–Crippen MR) is 68.4 cm³/mol. The molecule has 7 nitrogen and oxygen atoms in total. The molecular formula is C9H8BrN3O4S. The number of anilines is 1. The van der Waals surface area contributed by atoms with E-state index in [1.165, 1.54) is 19.1 Å². The van der Waals surface area contributed by atoms with Crippen LogP contribution in [0.3, 0.4) is 0 Å². The van der Waals surface area contributed by atoms with Crippen LogP contribution in [-0.2, 0) is 10.0 Å². The average Bonchev–Trinajstić information content (AvgIpc) is 2.30. The highest BCUT2D eigenvalue weighted by Gasteiger charge is 2.22. The fourth-order valence-corrected chi connectivity index (χ4v) is 2.28. The number of nitriles is 1. The van der Waals surface area contributed by atoms with E-state index in [-0.39, 0.29) is 11.4 Å². The van der Waals surface area contributed by atoms with Gasteiger partial charge in [-0.1, -0.05) is 0 Å². The first-order chi connectivity index (χ1) is 8.27. The van der Waals surface area contributed by atoms with Crippen LogP contribution in [0.25, 0.3) is 0 Å². The topological polar surface area (TPSA) is 113 Å². The molecule has 0 bridgehead atoms. The molecule has 0 saturated heterocycles. The molecule has 0 spiro atoms. The second kappa shape index (κ2) is 5.32. The lowest BCUT2D eigenvalue weighted by atomic mass is 10.3. The van der Waals surface area contributed by atoms with E-state index in [1.807, 2.05) is 0 Å². The molecule has 0 aliphatic heterocycles. The van der Waals surface area contributed by atoms with Crippen LogP contribution in [0.1, 0.15) is 6.92 Å². The molecular weight excluding hydrogens is 326 g/mol. The number of nitrogens with one attached hydrogen (secondary N) is 1. The Morgan fingerprint density at radius 3 is 2.67 bits per heavy atom. The maximum Gasteiger partial charge on any atom is 0.271 e. The number of nitro groups is 1. The molecule has 0 aliphatic carbocycles. The number of hydrogen-bond donors (Lipinski definition) is 1. The molecule has 0 aliphatic rings. The summed E-state index contributed by atoms with van der Waals surface area (Å²) in [6.45, 7) is 1.22. The lowest BCUT2D eigenvalue weighted by Crippen LogP contribution is -2.24. The minimum Gasteiger partial charge on any atom is -0.281 e. The molecule has 1 unspecified atom stereocenters. The van der Waals surface area contributed by atoms with Gasteiger partial charge in [0.2, 0.25) is 10.0 Å². The van der Waals surface area contributed by atoms with E-state index in [0.29, 0.717) is 4.47 Å². The van der Waals surface area contributed by atoms with Crippen LogP contribution >= 0.6 is 15.9 Å². The van der Waals surface area contributed by atoms with E-state index in [9.17, 15) is 18.5 Å². The van der Waals surface area contributed by atoms with Gasteiger partial charge >= 0.3 is 0 Å². The average molecular weight is 334 g/mol. The summed E-state index contributed by atoms with van der Waals surface area (Å²) in [4.78, 5) is 9.94. The monoisotopic (exact) mass is 333 g/mol. The quantitative estimate of drug-likeness (QED) is 0.668. The van der Waals surface area contributed by atoms with E-state index in [1.54, 1.807) is 6.07 Å². The number of halogens is 1. The van der Waals surface area contributed by atoms with Crippen molar-refractivity contribution in [2.75, 3.05) is 4.72 Å². The zero-order chi connectivity index (χ0) is 13.9. The number of sulfonamides is 1. The van der Waals surface area contributed by atoms with Crippen LogP contribution in [0.5, 0.6) is 0 Å². The molecule has 1 rings (SSSR count). The summed E-state index contributed by atoms with van der Waals surface area (Å²) in [7, 11) is -3.89. The highest BCUT2D eigenvalue weighted by atomic mass is 79.9. The zero-order valence-electron chi connectivity index (χ0n) is 9.12. The number of non-ortho nitro benzene ring substituents is 1. The van der Waals surface area contributed by atoms with Crippen LogP contribution in [0.2, 0.25) is 0 Å². The first-order valence-corrected chi connectivity index (χ1v) is 6.97. The number of benzene rings is 1. The van der Waals surface area contributed by atoms with Gasteiger partial charge in [-0.15, -0.1) is 0 Å². The van der Waals surface area contributed by atoms with Gasteiger partial charge in [0.1, 0.15) is 0 Å². The van der Waals surface area contributed by atoms with Crippen molar-refractivity contribution in [2.24, 2.45) is 0 Å². The second-order valence-corrected chi connectivity index (χ2v) is 6.20. The zero-order valence-corrected chi connectivity index (χ0v) is 11.5. The van der Waals surface area contributed by atoms with Gasteiger partial charge in [0.15, 0.2) is 5.25 Å². The summed E-state index contributed by atoms with van der Waals surface area (Å²) < 4.78 is 25.8. The number of rotatable bonds is 4. The lowest BCUT2D eigenvalue weighted by molar-refractivity contribution is -0.384. The Kier molecular flexibility index (Phi) is 4.26. The fourth-order valence-electron chi connectivity index (χ4n) is 1.02. The maximum atomic E-state index is 11.6. The Labute approximate surface area is 112 Å². The number of nitro benzene ring substituents is 1. The molecule has 0 amide bonds. The summed E-state index contributed by atoms with van der Waals surface area (Å²) in [5, 5.41) is 17.9. The molecule has 1 aromatic rings. The van der Waals surface area contributed by atoms with Crippen molar-refractivity contribution in [3.8, 4) is 6.07 Å². The van der Waals surface area contributed by atoms with Gasteiger partial charge in [-0.2, -0.15) is 5.26 Å². The number of hydrogen-bond acceptors (Lipinski definition) is 5. The van der Waals surface area contributed by atoms with Crippen molar-refractivity contribution in [2.45, 2.75) is 12.2 Å². The molecule has 1 atom stereocenters. The standard InChI is InChI=1S/C9H8BrN3O4S/c1-6(5-11)18(16,17)12-9-4-7(13(14)15)2-3-8(9)10/h2-4,6,12H,1H3. The van der Waals surface area contributed by atoms with E-state index in [4.69, 9.17) is 5.26 Å². The highest BCUT2D eigenvalue weighted by Crippen LogP contribution is 2.28. The third-order valence-corrected chi connectivity index (χ3v) is 4.29. The van der Waals surface area contributed by atoms with Crippen LogP contribution in [0.4, 0.5) is 11.4 Å². The molecule has 0 fully saturated rings. The van der Waals surface area contributed by atoms with Crippen molar-refractivity contribution >= 4 is 37.3 Å². The molecule has 1 N–H and O–H groups in total. The molecule has 0 aromatic heterocycles. The maximum absolute atomic E-state index is 11.6. The highest BCUT2D eigenvalue weighted by molar-refractivity contribution is 9.10. The SMILES string of the molecule is CC(C#N)S(=O)(=O)Nc1cc([N+](=O)[O-])ccc1Br. The minimum absolute atomic E-state index is 0.0197. The first-order valence-electron chi connectivity index (χ1n) is 4.63. The minimum atomic E-state index is -3.89. The largest absolute Gasteiger partial charge is 0.281 e. The summed E-state index contributed by atoms with van der Waals surface area (Å²) in [6.07, 6.45) is 0. The van der Waals surface area contributed by atoms with E-state index in [0.717, 1.165) is 6.07 Å².